The van der Waals surface area contributed by atoms with Gasteiger partial charge in [-0.25, -0.2) is 4.79 Å². The lowest BCUT2D eigenvalue weighted by molar-refractivity contribution is -0.124. The van der Waals surface area contributed by atoms with Gasteiger partial charge in [-0.05, 0) is 63.4 Å². The number of alkyl carbamates (subject to hydrolysis) is 1. The minimum atomic E-state index is -0.698. The fraction of sp³-hybridized carbons (Fsp3) is 0.455. The van der Waals surface area contributed by atoms with Gasteiger partial charge in [0.1, 0.15) is 11.6 Å². The van der Waals surface area contributed by atoms with E-state index < -0.39 is 17.7 Å². The van der Waals surface area contributed by atoms with Crippen LogP contribution in [0.1, 0.15) is 52.1 Å². The number of rotatable bonds is 7. The zero-order valence-electron chi connectivity index (χ0n) is 17.1. The van der Waals surface area contributed by atoms with Crippen LogP contribution in [0.4, 0.5) is 4.79 Å². The predicted octanol–water partition coefficient (Wildman–Crippen LogP) is 3.65. The Morgan fingerprint density at radius 1 is 1.07 bits per heavy atom. The van der Waals surface area contributed by atoms with Crippen LogP contribution in [0.2, 0.25) is 0 Å². The van der Waals surface area contributed by atoms with E-state index in [1.54, 1.807) is 20.8 Å². The molecule has 0 heterocycles. The molecule has 0 aliphatic rings. The number of benzene rings is 2. The Morgan fingerprint density at radius 3 is 2.43 bits per heavy atom. The Morgan fingerprint density at radius 2 is 1.75 bits per heavy atom. The molecular formula is C22H31N3O3. The van der Waals surface area contributed by atoms with E-state index in [1.807, 2.05) is 49.4 Å². The molecule has 0 aromatic heterocycles. The van der Waals surface area contributed by atoms with Crippen molar-refractivity contribution in [2.45, 2.75) is 58.2 Å². The summed E-state index contributed by atoms with van der Waals surface area (Å²) in [6.07, 6.45) is 0.461. The summed E-state index contributed by atoms with van der Waals surface area (Å²) in [4.78, 5) is 25.0. The first kappa shape index (κ1) is 21.7. The predicted molar refractivity (Wildman–Crippen MR) is 112 cm³/mol. The number of fused-ring (bicyclic) bond motifs is 1. The van der Waals surface area contributed by atoms with Crippen LogP contribution in [0, 0.1) is 0 Å². The first-order valence-electron chi connectivity index (χ1n) is 9.69. The van der Waals surface area contributed by atoms with Gasteiger partial charge in [0.25, 0.3) is 0 Å². The summed E-state index contributed by atoms with van der Waals surface area (Å²) >= 11 is 0. The van der Waals surface area contributed by atoms with Crippen molar-refractivity contribution in [1.82, 2.24) is 10.6 Å². The highest BCUT2D eigenvalue weighted by Gasteiger charge is 2.25. The molecule has 4 N–H and O–H groups in total. The highest BCUT2D eigenvalue weighted by atomic mass is 16.6. The van der Waals surface area contributed by atoms with Crippen molar-refractivity contribution >= 4 is 22.8 Å². The monoisotopic (exact) mass is 385 g/mol. The molecule has 2 aromatic rings. The van der Waals surface area contributed by atoms with Crippen LogP contribution in [-0.2, 0) is 9.53 Å². The van der Waals surface area contributed by atoms with Crippen molar-refractivity contribution in [3.05, 3.63) is 48.0 Å². The average molecular weight is 386 g/mol. The summed E-state index contributed by atoms with van der Waals surface area (Å²) in [6.45, 7) is 7.73. The molecule has 0 spiro atoms. The summed E-state index contributed by atoms with van der Waals surface area (Å²) in [5, 5.41) is 7.90. The lowest BCUT2D eigenvalue weighted by Gasteiger charge is -2.25. The molecule has 28 heavy (non-hydrogen) atoms. The Hall–Kier alpha value is -2.60. The van der Waals surface area contributed by atoms with Crippen LogP contribution >= 0.6 is 0 Å². The Labute approximate surface area is 166 Å². The molecule has 152 valence electrons. The maximum absolute atomic E-state index is 12.8. The molecular weight excluding hydrogens is 354 g/mol. The standard InChI is InChI=1S/C22H31N3O3/c1-15(17-12-7-10-16-9-5-6-11-18(16)17)24-20(26)19(13-8-14-23)25-21(27)28-22(2,3)4/h5-7,9-12,15,19H,8,13-14,23H2,1-4H3,(H,24,26)(H,25,27)/t15-,19?/m0/s1. The van der Waals surface area contributed by atoms with Gasteiger partial charge < -0.3 is 21.1 Å². The summed E-state index contributed by atoms with van der Waals surface area (Å²) in [7, 11) is 0. The first-order chi connectivity index (χ1) is 13.2. The molecule has 0 bridgehead atoms. The van der Waals surface area contributed by atoms with E-state index in [4.69, 9.17) is 10.5 Å². The smallest absolute Gasteiger partial charge is 0.408 e. The van der Waals surface area contributed by atoms with E-state index >= 15 is 0 Å². The third kappa shape index (κ3) is 6.23. The van der Waals surface area contributed by atoms with E-state index in [0.717, 1.165) is 16.3 Å². The van der Waals surface area contributed by atoms with E-state index in [1.165, 1.54) is 0 Å². The molecule has 6 nitrogen and oxygen atoms in total. The van der Waals surface area contributed by atoms with Crippen molar-refractivity contribution in [3.63, 3.8) is 0 Å². The highest BCUT2D eigenvalue weighted by molar-refractivity contribution is 5.88. The minimum Gasteiger partial charge on any atom is -0.444 e. The normalized spacial score (nSPS) is 13.6. The molecule has 0 radical (unpaired) electrons. The van der Waals surface area contributed by atoms with Crippen LogP contribution in [-0.4, -0.2) is 30.2 Å². The molecule has 2 atom stereocenters. The molecule has 2 aromatic carbocycles. The van der Waals surface area contributed by atoms with Gasteiger partial charge in [-0.3, -0.25) is 4.79 Å². The average Bonchev–Trinajstić information content (AvgIpc) is 2.63. The maximum atomic E-state index is 12.8. The minimum absolute atomic E-state index is 0.209. The second kappa shape index (κ2) is 9.55. The third-order valence-corrected chi connectivity index (χ3v) is 4.35. The van der Waals surface area contributed by atoms with E-state index in [9.17, 15) is 9.59 Å². The van der Waals surface area contributed by atoms with Crippen LogP contribution in [0.15, 0.2) is 42.5 Å². The summed E-state index contributed by atoms with van der Waals surface area (Å²) in [5.41, 5.74) is 5.99. The van der Waals surface area contributed by atoms with Gasteiger partial charge in [-0.1, -0.05) is 42.5 Å². The number of hydrogen-bond donors (Lipinski definition) is 3. The fourth-order valence-electron chi connectivity index (χ4n) is 3.06. The molecule has 0 aliphatic heterocycles. The number of carbonyl (C=O) groups excluding carboxylic acids is 2. The molecule has 0 saturated heterocycles. The van der Waals surface area contributed by atoms with E-state index in [0.29, 0.717) is 19.4 Å². The van der Waals surface area contributed by atoms with Crippen LogP contribution in [0.3, 0.4) is 0 Å². The third-order valence-electron chi connectivity index (χ3n) is 4.35. The summed E-state index contributed by atoms with van der Waals surface area (Å²) < 4.78 is 5.28. The van der Waals surface area contributed by atoms with Crippen LogP contribution < -0.4 is 16.4 Å². The number of nitrogens with two attached hydrogens (primary N) is 1. The topological polar surface area (TPSA) is 93.5 Å². The van der Waals surface area contributed by atoms with Crippen molar-refractivity contribution < 1.29 is 14.3 Å². The zero-order chi connectivity index (χ0) is 20.7. The fourth-order valence-corrected chi connectivity index (χ4v) is 3.06. The number of carbonyl (C=O) groups is 2. The van der Waals surface area contributed by atoms with Crippen molar-refractivity contribution in [2.75, 3.05) is 6.54 Å². The van der Waals surface area contributed by atoms with Crippen LogP contribution in [0.5, 0.6) is 0 Å². The second-order valence-electron chi connectivity index (χ2n) is 7.93. The number of amides is 2. The Bertz CT molecular complexity index is 809. The lowest BCUT2D eigenvalue weighted by atomic mass is 9.99. The molecule has 0 saturated carbocycles. The summed E-state index contributed by atoms with van der Waals surface area (Å²) in [6, 6.07) is 13.2. The van der Waals surface area contributed by atoms with Gasteiger partial charge in [-0.2, -0.15) is 0 Å². The summed E-state index contributed by atoms with van der Waals surface area (Å²) in [5.74, 6) is -0.250. The maximum Gasteiger partial charge on any atom is 0.408 e. The van der Waals surface area contributed by atoms with Crippen LogP contribution in [0.25, 0.3) is 10.8 Å². The van der Waals surface area contributed by atoms with Crippen molar-refractivity contribution in [2.24, 2.45) is 5.73 Å². The lowest BCUT2D eigenvalue weighted by Crippen LogP contribution is -2.48. The number of ether oxygens (including phenoxy) is 1. The van der Waals surface area contributed by atoms with E-state index in [2.05, 4.69) is 10.6 Å². The molecule has 0 fully saturated rings. The number of hydrogen-bond acceptors (Lipinski definition) is 4. The first-order valence-corrected chi connectivity index (χ1v) is 9.69. The molecule has 1 unspecified atom stereocenters. The van der Waals surface area contributed by atoms with Crippen molar-refractivity contribution in [1.29, 1.82) is 0 Å². The van der Waals surface area contributed by atoms with Gasteiger partial charge in [-0.15, -0.1) is 0 Å². The zero-order valence-corrected chi connectivity index (χ0v) is 17.1. The van der Waals surface area contributed by atoms with Gasteiger partial charge in [0.15, 0.2) is 0 Å². The number of nitrogens with one attached hydrogen (secondary N) is 2. The molecule has 2 rings (SSSR count). The largest absolute Gasteiger partial charge is 0.444 e. The molecule has 6 heteroatoms. The second-order valence-corrected chi connectivity index (χ2v) is 7.93. The molecule has 0 aliphatic carbocycles. The van der Waals surface area contributed by atoms with Gasteiger partial charge in [0, 0.05) is 0 Å². The van der Waals surface area contributed by atoms with Gasteiger partial charge in [0.05, 0.1) is 6.04 Å². The Kier molecular flexibility index (Phi) is 7.40. The SMILES string of the molecule is C[C@H](NC(=O)C(CCCN)NC(=O)OC(C)(C)C)c1cccc2ccccc12. The Balaban J connectivity index is 2.11. The highest BCUT2D eigenvalue weighted by Crippen LogP contribution is 2.24. The quantitative estimate of drug-likeness (QED) is 0.678. The molecule has 2 amide bonds. The van der Waals surface area contributed by atoms with Gasteiger partial charge >= 0.3 is 6.09 Å². The van der Waals surface area contributed by atoms with Gasteiger partial charge in [0.2, 0.25) is 5.91 Å². The van der Waals surface area contributed by atoms with E-state index in [-0.39, 0.29) is 11.9 Å². The van der Waals surface area contributed by atoms with Crippen molar-refractivity contribution in [3.8, 4) is 0 Å².